The minimum Gasteiger partial charge on any atom is -0.396 e. The van der Waals surface area contributed by atoms with Gasteiger partial charge in [-0.15, -0.1) is 0 Å². The van der Waals surface area contributed by atoms with Gasteiger partial charge in [-0.2, -0.15) is 5.10 Å². The van der Waals surface area contributed by atoms with E-state index < -0.39 is 0 Å². The van der Waals surface area contributed by atoms with Crippen LogP contribution in [0.5, 0.6) is 0 Å². The lowest BCUT2D eigenvalue weighted by Crippen LogP contribution is -1.89. The molecule has 66 valence electrons. The molecule has 0 amide bonds. The molecule has 2 heterocycles. The maximum atomic E-state index is 12.5. The van der Waals surface area contributed by atoms with E-state index in [0.29, 0.717) is 17.1 Å². The van der Waals surface area contributed by atoms with E-state index in [2.05, 4.69) is 15.2 Å². The maximum Gasteiger partial charge on any atom is 0.141 e. The second kappa shape index (κ2) is 2.85. The normalized spacial score (nSPS) is 10.2. The summed E-state index contributed by atoms with van der Waals surface area (Å²) in [5.74, 6) is -0.373. The van der Waals surface area contributed by atoms with Crippen LogP contribution in [0.3, 0.4) is 0 Å². The first-order valence-electron chi connectivity index (χ1n) is 3.68. The Morgan fingerprint density at radius 3 is 2.69 bits per heavy atom. The zero-order chi connectivity index (χ0) is 9.26. The molecule has 4 nitrogen and oxygen atoms in total. The van der Waals surface area contributed by atoms with Crippen molar-refractivity contribution in [3.63, 3.8) is 0 Å². The number of anilines is 1. The van der Waals surface area contributed by atoms with Crippen LogP contribution in [0, 0.1) is 5.82 Å². The fourth-order valence-corrected chi connectivity index (χ4v) is 1.02. The largest absolute Gasteiger partial charge is 0.396 e. The predicted octanol–water partition coefficient (Wildman–Crippen LogP) is 1.19. The first-order chi connectivity index (χ1) is 6.27. The zero-order valence-corrected chi connectivity index (χ0v) is 6.66. The minimum absolute atomic E-state index is 0.373. The van der Waals surface area contributed by atoms with Crippen molar-refractivity contribution >= 4 is 5.69 Å². The number of nitrogen functional groups attached to an aromatic ring is 1. The van der Waals surface area contributed by atoms with Crippen LogP contribution < -0.4 is 5.73 Å². The van der Waals surface area contributed by atoms with Crippen molar-refractivity contribution in [3.05, 3.63) is 30.3 Å². The third kappa shape index (κ3) is 1.35. The SMILES string of the molecule is Nc1cn[nH]c1-c1ccc(F)cn1. The van der Waals surface area contributed by atoms with Gasteiger partial charge in [0.05, 0.1) is 23.8 Å². The summed E-state index contributed by atoms with van der Waals surface area (Å²) in [7, 11) is 0. The van der Waals surface area contributed by atoms with Gasteiger partial charge in [0.1, 0.15) is 11.5 Å². The van der Waals surface area contributed by atoms with Gasteiger partial charge in [-0.05, 0) is 12.1 Å². The lowest BCUT2D eigenvalue weighted by atomic mass is 10.2. The summed E-state index contributed by atoms with van der Waals surface area (Å²) in [4.78, 5) is 3.86. The number of nitrogens with one attached hydrogen (secondary N) is 1. The molecular weight excluding hydrogens is 171 g/mol. The number of nitrogens with zero attached hydrogens (tertiary/aromatic N) is 2. The molecule has 0 aliphatic rings. The summed E-state index contributed by atoms with van der Waals surface area (Å²) in [6, 6.07) is 2.86. The quantitative estimate of drug-likeness (QED) is 0.689. The number of H-pyrrole nitrogens is 1. The summed E-state index contributed by atoms with van der Waals surface area (Å²) in [5.41, 5.74) is 7.27. The number of halogens is 1. The van der Waals surface area contributed by atoms with Crippen molar-refractivity contribution < 1.29 is 4.39 Å². The van der Waals surface area contributed by atoms with Crippen molar-refractivity contribution in [2.45, 2.75) is 0 Å². The fraction of sp³-hybridized carbons (Fsp3) is 0. The first-order valence-corrected chi connectivity index (χ1v) is 3.68. The van der Waals surface area contributed by atoms with E-state index in [-0.39, 0.29) is 5.82 Å². The number of rotatable bonds is 1. The zero-order valence-electron chi connectivity index (χ0n) is 6.66. The molecule has 3 N–H and O–H groups in total. The van der Waals surface area contributed by atoms with E-state index in [0.717, 1.165) is 6.20 Å². The fourth-order valence-electron chi connectivity index (χ4n) is 1.02. The third-order valence-electron chi connectivity index (χ3n) is 1.65. The number of hydrogen-bond acceptors (Lipinski definition) is 3. The minimum atomic E-state index is -0.373. The van der Waals surface area contributed by atoms with Crippen LogP contribution in [-0.4, -0.2) is 15.2 Å². The van der Waals surface area contributed by atoms with Gasteiger partial charge in [-0.25, -0.2) is 4.39 Å². The van der Waals surface area contributed by atoms with E-state index >= 15 is 0 Å². The smallest absolute Gasteiger partial charge is 0.141 e. The molecule has 0 fully saturated rings. The van der Waals surface area contributed by atoms with Crippen LogP contribution in [0.15, 0.2) is 24.5 Å². The average molecular weight is 178 g/mol. The van der Waals surface area contributed by atoms with Crippen LogP contribution in [0.4, 0.5) is 10.1 Å². The highest BCUT2D eigenvalue weighted by Gasteiger charge is 2.05. The summed E-state index contributed by atoms with van der Waals surface area (Å²) in [5, 5.41) is 6.42. The summed E-state index contributed by atoms with van der Waals surface area (Å²) < 4.78 is 12.5. The molecule has 0 spiro atoms. The molecule has 13 heavy (non-hydrogen) atoms. The summed E-state index contributed by atoms with van der Waals surface area (Å²) in [6.07, 6.45) is 2.62. The second-order valence-corrected chi connectivity index (χ2v) is 2.56. The molecule has 0 bridgehead atoms. The Hall–Kier alpha value is -1.91. The van der Waals surface area contributed by atoms with Crippen molar-refractivity contribution in [2.75, 3.05) is 5.73 Å². The number of aromatic nitrogens is 3. The third-order valence-corrected chi connectivity index (χ3v) is 1.65. The number of hydrogen-bond donors (Lipinski definition) is 2. The van der Waals surface area contributed by atoms with Gasteiger partial charge >= 0.3 is 0 Å². The van der Waals surface area contributed by atoms with Gasteiger partial charge < -0.3 is 5.73 Å². The van der Waals surface area contributed by atoms with Crippen LogP contribution in [0.25, 0.3) is 11.4 Å². The molecule has 0 atom stereocenters. The van der Waals surface area contributed by atoms with Crippen LogP contribution >= 0.6 is 0 Å². The molecule has 0 aromatic carbocycles. The van der Waals surface area contributed by atoms with Crippen molar-refractivity contribution in [3.8, 4) is 11.4 Å². The van der Waals surface area contributed by atoms with Gasteiger partial charge in [0.15, 0.2) is 0 Å². The number of nitrogens with two attached hydrogens (primary N) is 1. The molecular formula is C8H7FN4. The Morgan fingerprint density at radius 2 is 2.15 bits per heavy atom. The number of aromatic amines is 1. The van der Waals surface area contributed by atoms with Gasteiger partial charge in [0.25, 0.3) is 0 Å². The van der Waals surface area contributed by atoms with E-state index in [1.54, 1.807) is 6.07 Å². The second-order valence-electron chi connectivity index (χ2n) is 2.56. The van der Waals surface area contributed by atoms with E-state index in [9.17, 15) is 4.39 Å². The van der Waals surface area contributed by atoms with Crippen LogP contribution in [0.2, 0.25) is 0 Å². The monoisotopic (exact) mass is 178 g/mol. The summed E-state index contributed by atoms with van der Waals surface area (Å²) in [6.45, 7) is 0. The lowest BCUT2D eigenvalue weighted by molar-refractivity contribution is 0.622. The highest BCUT2D eigenvalue weighted by Crippen LogP contribution is 2.19. The molecule has 0 saturated heterocycles. The van der Waals surface area contributed by atoms with Gasteiger partial charge in [0.2, 0.25) is 0 Å². The van der Waals surface area contributed by atoms with E-state index in [1.165, 1.54) is 12.3 Å². The van der Waals surface area contributed by atoms with Crippen molar-refractivity contribution in [1.29, 1.82) is 0 Å². The molecule has 2 rings (SSSR count). The molecule has 0 saturated carbocycles. The average Bonchev–Trinajstić information content (AvgIpc) is 2.53. The first kappa shape index (κ1) is 7.72. The topological polar surface area (TPSA) is 67.6 Å². The Kier molecular flexibility index (Phi) is 1.70. The van der Waals surface area contributed by atoms with Crippen LogP contribution in [0.1, 0.15) is 0 Å². The molecule has 0 aliphatic carbocycles. The predicted molar refractivity (Wildman–Crippen MR) is 46.2 cm³/mol. The van der Waals surface area contributed by atoms with Crippen LogP contribution in [-0.2, 0) is 0 Å². The molecule has 0 aliphatic heterocycles. The Bertz CT molecular complexity index is 406. The Labute approximate surface area is 73.6 Å². The molecule has 0 radical (unpaired) electrons. The molecule has 0 unspecified atom stereocenters. The maximum absolute atomic E-state index is 12.5. The highest BCUT2D eigenvalue weighted by atomic mass is 19.1. The number of pyridine rings is 1. The van der Waals surface area contributed by atoms with E-state index in [1.807, 2.05) is 0 Å². The van der Waals surface area contributed by atoms with Gasteiger partial charge in [-0.3, -0.25) is 10.1 Å². The molecule has 2 aromatic heterocycles. The lowest BCUT2D eigenvalue weighted by Gasteiger charge is -1.96. The van der Waals surface area contributed by atoms with E-state index in [4.69, 9.17) is 5.73 Å². The molecule has 5 heteroatoms. The van der Waals surface area contributed by atoms with Crippen molar-refractivity contribution in [2.24, 2.45) is 0 Å². The van der Waals surface area contributed by atoms with Gasteiger partial charge in [-0.1, -0.05) is 0 Å². The Balaban J connectivity index is 2.47. The molecule has 2 aromatic rings. The highest BCUT2D eigenvalue weighted by molar-refractivity contribution is 5.68. The Morgan fingerprint density at radius 1 is 1.31 bits per heavy atom. The summed E-state index contributed by atoms with van der Waals surface area (Å²) >= 11 is 0. The van der Waals surface area contributed by atoms with Gasteiger partial charge in [0, 0.05) is 0 Å². The standard InChI is InChI=1S/C8H7FN4/c9-5-1-2-7(11-3-5)8-6(10)4-12-13-8/h1-4H,10H2,(H,12,13). The van der Waals surface area contributed by atoms with Crippen molar-refractivity contribution in [1.82, 2.24) is 15.2 Å².